The van der Waals surface area contributed by atoms with Gasteiger partial charge in [0.2, 0.25) is 0 Å². The molecule has 19 heavy (non-hydrogen) atoms. The molecule has 2 aromatic rings. The maximum Gasteiger partial charge on any atom is 0.318 e. The number of halogens is 1. The minimum atomic E-state index is -0.165. The highest BCUT2D eigenvalue weighted by Gasteiger charge is 2.29. The summed E-state index contributed by atoms with van der Waals surface area (Å²) in [5.74, 6) is 0.386. The van der Waals surface area contributed by atoms with Gasteiger partial charge in [0.1, 0.15) is 5.76 Å². The maximum atomic E-state index is 12.1. The molecule has 1 saturated heterocycles. The fraction of sp³-hybridized carbons (Fsp3) is 0.188. The smallest absolute Gasteiger partial charge is 0.318 e. The van der Waals surface area contributed by atoms with E-state index in [1.165, 1.54) is 0 Å². The quantitative estimate of drug-likeness (QED) is 0.724. The van der Waals surface area contributed by atoms with Crippen molar-refractivity contribution in [2.45, 2.75) is 18.8 Å². The van der Waals surface area contributed by atoms with Crippen LogP contribution in [-0.4, -0.2) is 5.97 Å². The van der Waals surface area contributed by atoms with Crippen LogP contribution in [0.5, 0.6) is 0 Å². The number of ether oxygens (including phenoxy) is 1. The lowest BCUT2D eigenvalue weighted by Crippen LogP contribution is -2.21. The number of cyclic esters (lactones) is 1. The highest BCUT2D eigenvalue weighted by Crippen LogP contribution is 2.35. The van der Waals surface area contributed by atoms with Crippen LogP contribution in [0.4, 0.5) is 0 Å². The fourth-order valence-electron chi connectivity index (χ4n) is 2.57. The van der Waals surface area contributed by atoms with Crippen molar-refractivity contribution in [1.82, 2.24) is 0 Å². The van der Waals surface area contributed by atoms with Crippen molar-refractivity contribution in [2.24, 2.45) is 0 Å². The zero-order valence-corrected chi connectivity index (χ0v) is 11.9. The Morgan fingerprint density at radius 1 is 1.16 bits per heavy atom. The van der Waals surface area contributed by atoms with E-state index >= 15 is 0 Å². The molecule has 3 heteroatoms. The number of esters is 1. The van der Waals surface area contributed by atoms with Gasteiger partial charge in [-0.3, -0.25) is 4.79 Å². The van der Waals surface area contributed by atoms with E-state index in [9.17, 15) is 4.79 Å². The number of benzene rings is 2. The molecule has 3 rings (SSSR count). The summed E-state index contributed by atoms with van der Waals surface area (Å²) in [6.45, 7) is 0. The molecule has 0 N–H and O–H groups in total. The molecule has 0 radical (unpaired) electrons. The topological polar surface area (TPSA) is 26.3 Å². The Balaban J connectivity index is 2.03. The van der Waals surface area contributed by atoms with Crippen LogP contribution in [-0.2, 0) is 9.53 Å². The van der Waals surface area contributed by atoms with Gasteiger partial charge in [-0.1, -0.05) is 58.4 Å². The first-order chi connectivity index (χ1) is 9.29. The van der Waals surface area contributed by atoms with Crippen LogP contribution in [0.3, 0.4) is 0 Å². The molecule has 2 aromatic carbocycles. The number of fused-ring (bicyclic) bond motifs is 1. The maximum absolute atomic E-state index is 12.1. The van der Waals surface area contributed by atoms with Crippen LogP contribution in [0.1, 0.15) is 24.3 Å². The predicted molar refractivity (Wildman–Crippen MR) is 79.0 cm³/mol. The third-order valence-electron chi connectivity index (χ3n) is 3.52. The van der Waals surface area contributed by atoms with E-state index < -0.39 is 0 Å². The Morgan fingerprint density at radius 3 is 2.74 bits per heavy atom. The van der Waals surface area contributed by atoms with Crippen molar-refractivity contribution in [3.8, 4) is 0 Å². The van der Waals surface area contributed by atoms with Crippen molar-refractivity contribution in [1.29, 1.82) is 0 Å². The second kappa shape index (κ2) is 5.17. The molecule has 1 heterocycles. The molecule has 0 saturated carbocycles. The van der Waals surface area contributed by atoms with E-state index in [0.717, 1.165) is 29.2 Å². The van der Waals surface area contributed by atoms with E-state index in [-0.39, 0.29) is 11.9 Å². The molecular formula is C16H13BrO2. The van der Waals surface area contributed by atoms with Gasteiger partial charge in [0, 0.05) is 11.4 Å². The minimum Gasteiger partial charge on any atom is -0.430 e. The van der Waals surface area contributed by atoms with Gasteiger partial charge in [0.15, 0.2) is 0 Å². The van der Waals surface area contributed by atoms with Gasteiger partial charge < -0.3 is 4.74 Å². The van der Waals surface area contributed by atoms with Gasteiger partial charge in [-0.15, -0.1) is 0 Å². The van der Waals surface area contributed by atoms with Crippen LogP contribution < -0.4 is 0 Å². The van der Waals surface area contributed by atoms with Gasteiger partial charge in [0.25, 0.3) is 0 Å². The molecule has 1 aliphatic rings. The third-order valence-corrected chi connectivity index (χ3v) is 4.03. The zero-order valence-electron chi connectivity index (χ0n) is 10.3. The van der Waals surface area contributed by atoms with Crippen molar-refractivity contribution >= 4 is 32.7 Å². The number of rotatable bonds is 1. The highest BCUT2D eigenvalue weighted by molar-refractivity contribution is 9.11. The number of hydrogen-bond acceptors (Lipinski definition) is 2. The Labute approximate surface area is 120 Å². The van der Waals surface area contributed by atoms with Crippen molar-refractivity contribution in [3.63, 3.8) is 0 Å². The summed E-state index contributed by atoms with van der Waals surface area (Å²) in [5.41, 5.74) is 1.07. The first-order valence-corrected chi connectivity index (χ1v) is 7.20. The highest BCUT2D eigenvalue weighted by atomic mass is 79.9. The fourth-order valence-corrected chi connectivity index (χ4v) is 2.89. The molecular weight excluding hydrogens is 304 g/mol. The van der Waals surface area contributed by atoms with Crippen molar-refractivity contribution in [2.75, 3.05) is 0 Å². The van der Waals surface area contributed by atoms with Crippen LogP contribution in [0.15, 0.2) is 53.2 Å². The van der Waals surface area contributed by atoms with Gasteiger partial charge in [-0.05, 0) is 22.8 Å². The first-order valence-electron chi connectivity index (χ1n) is 6.28. The third kappa shape index (κ3) is 2.30. The Bertz CT molecular complexity index is 655. The molecule has 1 aliphatic heterocycles. The van der Waals surface area contributed by atoms with E-state index in [4.69, 9.17) is 4.74 Å². The van der Waals surface area contributed by atoms with E-state index in [1.54, 1.807) is 4.99 Å². The molecule has 0 amide bonds. The average molecular weight is 317 g/mol. The molecule has 0 bridgehead atoms. The van der Waals surface area contributed by atoms with Crippen LogP contribution >= 0.6 is 15.9 Å². The number of hydrogen-bond donors (Lipinski definition) is 0. The summed E-state index contributed by atoms with van der Waals surface area (Å²) in [5, 5.41) is 2.30. The molecule has 1 fully saturated rings. The summed E-state index contributed by atoms with van der Waals surface area (Å²) >= 11 is 3.22. The number of carbonyl (C=O) groups is 1. The standard InChI is InChI=1S/C16H13BrO2/c17-10-12-8-9-15(16(18)19-12)14-7-3-5-11-4-1-2-6-13(11)14/h1-7,10,15H,8-9H2/b12-10+/t15-/m1/s1. The average Bonchev–Trinajstić information content (AvgIpc) is 2.46. The van der Waals surface area contributed by atoms with Crippen LogP contribution in [0, 0.1) is 0 Å². The van der Waals surface area contributed by atoms with E-state index in [1.807, 2.05) is 24.3 Å². The summed E-state index contributed by atoms with van der Waals surface area (Å²) < 4.78 is 5.33. The molecule has 0 aliphatic carbocycles. The van der Waals surface area contributed by atoms with Crippen LogP contribution in [0.25, 0.3) is 10.8 Å². The molecule has 1 atom stereocenters. The van der Waals surface area contributed by atoms with Gasteiger partial charge in [-0.25, -0.2) is 0 Å². The first kappa shape index (κ1) is 12.4. The van der Waals surface area contributed by atoms with E-state index in [2.05, 4.69) is 34.1 Å². The molecule has 0 spiro atoms. The van der Waals surface area contributed by atoms with Gasteiger partial charge in [0.05, 0.1) is 5.92 Å². The SMILES string of the molecule is O=C1O/C(=C/Br)CC[C@@H]1c1cccc2ccccc12. The molecule has 2 nitrogen and oxygen atoms in total. The summed E-state index contributed by atoms with van der Waals surface area (Å²) in [6.07, 6.45) is 1.58. The van der Waals surface area contributed by atoms with Crippen molar-refractivity contribution in [3.05, 3.63) is 58.8 Å². The Morgan fingerprint density at radius 2 is 1.95 bits per heavy atom. The lowest BCUT2D eigenvalue weighted by atomic mass is 9.88. The summed E-state index contributed by atoms with van der Waals surface area (Å²) in [6, 6.07) is 14.2. The summed E-state index contributed by atoms with van der Waals surface area (Å²) in [7, 11) is 0. The van der Waals surface area contributed by atoms with E-state index in [0.29, 0.717) is 5.76 Å². The normalized spacial score (nSPS) is 21.6. The Kier molecular flexibility index (Phi) is 3.38. The predicted octanol–water partition coefficient (Wildman–Crippen LogP) is 4.50. The molecule has 0 aromatic heterocycles. The zero-order chi connectivity index (χ0) is 13.2. The second-order valence-electron chi connectivity index (χ2n) is 4.66. The minimum absolute atomic E-state index is 0.159. The molecule has 96 valence electrons. The van der Waals surface area contributed by atoms with Crippen molar-refractivity contribution < 1.29 is 9.53 Å². The van der Waals surface area contributed by atoms with Crippen LogP contribution in [0.2, 0.25) is 0 Å². The molecule has 0 unspecified atom stereocenters. The largest absolute Gasteiger partial charge is 0.430 e. The Hall–Kier alpha value is -1.61. The van der Waals surface area contributed by atoms with Gasteiger partial charge >= 0.3 is 5.97 Å². The monoisotopic (exact) mass is 316 g/mol. The second-order valence-corrected chi connectivity index (χ2v) is 5.11. The van der Waals surface area contributed by atoms with Gasteiger partial charge in [-0.2, -0.15) is 0 Å². The lowest BCUT2D eigenvalue weighted by Gasteiger charge is -2.23. The number of allylic oxidation sites excluding steroid dienone is 1. The number of carbonyl (C=O) groups excluding carboxylic acids is 1. The summed E-state index contributed by atoms with van der Waals surface area (Å²) in [4.78, 5) is 13.8. The lowest BCUT2D eigenvalue weighted by molar-refractivity contribution is -0.143.